The van der Waals surface area contributed by atoms with Gasteiger partial charge in [-0.1, -0.05) is 12.1 Å². The second kappa shape index (κ2) is 2.57. The Bertz CT molecular complexity index is 713. The number of nitrogens with one attached hydrogen (secondary N) is 1. The summed E-state index contributed by atoms with van der Waals surface area (Å²) in [4.78, 5) is 14.2. The Labute approximate surface area is 82.3 Å². The predicted octanol–water partition coefficient (Wildman–Crippen LogP) is 0.303. The topological polar surface area (TPSA) is 85.8 Å². The molecular formula is C9H5N3O3. The SMILES string of the molecule is O=c1[nH]c2ccccc2c2no[n+]([O-])c12. The van der Waals surface area contributed by atoms with Crippen LogP contribution in [0.25, 0.3) is 21.9 Å². The first-order valence-corrected chi connectivity index (χ1v) is 4.28. The van der Waals surface area contributed by atoms with Crippen molar-refractivity contribution in [2.24, 2.45) is 0 Å². The summed E-state index contributed by atoms with van der Waals surface area (Å²) in [6.45, 7) is 0. The standard InChI is InChI=1S/C9H5N3O3/c13-9-8-7(11-15-12(8)14)5-3-1-2-4-6(5)10-9/h1-4H,(H,10,13). The van der Waals surface area contributed by atoms with E-state index in [4.69, 9.17) is 0 Å². The normalized spacial score (nSPS) is 11.2. The molecule has 2 aromatic heterocycles. The van der Waals surface area contributed by atoms with E-state index >= 15 is 0 Å². The number of rotatable bonds is 0. The van der Waals surface area contributed by atoms with Crippen LogP contribution in [0.15, 0.2) is 33.7 Å². The van der Waals surface area contributed by atoms with Crippen LogP contribution in [0.4, 0.5) is 0 Å². The molecule has 0 spiro atoms. The van der Waals surface area contributed by atoms with Crippen molar-refractivity contribution in [1.82, 2.24) is 10.1 Å². The van der Waals surface area contributed by atoms with E-state index in [1.807, 2.05) is 0 Å². The van der Waals surface area contributed by atoms with Gasteiger partial charge in [0.2, 0.25) is 0 Å². The molecule has 3 aromatic rings. The summed E-state index contributed by atoms with van der Waals surface area (Å²) < 4.78 is 4.39. The van der Waals surface area contributed by atoms with E-state index in [0.717, 1.165) is 0 Å². The first-order valence-electron chi connectivity index (χ1n) is 4.28. The molecule has 0 fully saturated rings. The van der Waals surface area contributed by atoms with Gasteiger partial charge in [0, 0.05) is 5.16 Å². The largest absolute Gasteiger partial charge is 0.359 e. The van der Waals surface area contributed by atoms with Crippen LogP contribution in [-0.4, -0.2) is 10.1 Å². The lowest BCUT2D eigenvalue weighted by molar-refractivity contribution is -0.782. The van der Waals surface area contributed by atoms with Gasteiger partial charge in [-0.05, 0) is 17.0 Å². The zero-order valence-corrected chi connectivity index (χ0v) is 7.43. The fourth-order valence-electron chi connectivity index (χ4n) is 1.60. The monoisotopic (exact) mass is 203 g/mol. The average molecular weight is 203 g/mol. The molecule has 1 N–H and O–H groups in total. The number of nitrogens with zero attached hydrogens (tertiary/aromatic N) is 2. The highest BCUT2D eigenvalue weighted by Gasteiger charge is 2.17. The molecule has 1 aromatic carbocycles. The van der Waals surface area contributed by atoms with Gasteiger partial charge in [0.25, 0.3) is 11.0 Å². The van der Waals surface area contributed by atoms with Crippen LogP contribution in [0, 0.1) is 5.21 Å². The molecule has 0 bridgehead atoms. The summed E-state index contributed by atoms with van der Waals surface area (Å²) in [5, 5.41) is 15.4. The van der Waals surface area contributed by atoms with E-state index in [2.05, 4.69) is 14.8 Å². The number of aromatic nitrogens is 3. The summed E-state index contributed by atoms with van der Waals surface area (Å²) in [6.07, 6.45) is 0. The molecule has 0 aliphatic heterocycles. The van der Waals surface area contributed by atoms with Gasteiger partial charge < -0.3 is 10.2 Å². The summed E-state index contributed by atoms with van der Waals surface area (Å²) in [5.41, 5.74) is 0.307. The Morgan fingerprint density at radius 3 is 3.07 bits per heavy atom. The fourth-order valence-corrected chi connectivity index (χ4v) is 1.60. The number of hydrogen-bond donors (Lipinski definition) is 1. The molecule has 74 valence electrons. The highest BCUT2D eigenvalue weighted by molar-refractivity contribution is 5.99. The molecule has 0 aliphatic rings. The van der Waals surface area contributed by atoms with Gasteiger partial charge in [-0.25, -0.2) is 0 Å². The molecule has 15 heavy (non-hydrogen) atoms. The molecule has 0 atom stereocenters. The zero-order valence-electron chi connectivity index (χ0n) is 7.43. The van der Waals surface area contributed by atoms with Crippen molar-refractivity contribution >= 4 is 21.9 Å². The molecule has 6 heteroatoms. The van der Waals surface area contributed by atoms with Crippen molar-refractivity contribution in [3.63, 3.8) is 0 Å². The van der Waals surface area contributed by atoms with Crippen molar-refractivity contribution in [2.45, 2.75) is 0 Å². The molecule has 0 unspecified atom stereocenters. The number of pyridine rings is 1. The van der Waals surface area contributed by atoms with Gasteiger partial charge in [0.05, 0.1) is 10.9 Å². The van der Waals surface area contributed by atoms with Crippen LogP contribution in [0.2, 0.25) is 0 Å². The molecule has 0 amide bonds. The second-order valence-electron chi connectivity index (χ2n) is 3.13. The van der Waals surface area contributed by atoms with E-state index in [1.165, 1.54) is 0 Å². The summed E-state index contributed by atoms with van der Waals surface area (Å²) in [7, 11) is 0. The van der Waals surface area contributed by atoms with Crippen LogP contribution < -0.4 is 10.5 Å². The third-order valence-corrected chi connectivity index (χ3v) is 2.26. The Morgan fingerprint density at radius 2 is 2.20 bits per heavy atom. The molecule has 0 saturated carbocycles. The Hall–Kier alpha value is -2.37. The predicted molar refractivity (Wildman–Crippen MR) is 51.1 cm³/mol. The zero-order chi connectivity index (χ0) is 10.4. The molecule has 0 radical (unpaired) electrons. The molecule has 0 saturated heterocycles. The van der Waals surface area contributed by atoms with Crippen molar-refractivity contribution in [3.05, 3.63) is 39.8 Å². The van der Waals surface area contributed by atoms with E-state index < -0.39 is 5.56 Å². The minimum atomic E-state index is -0.500. The van der Waals surface area contributed by atoms with Crippen molar-refractivity contribution in [2.75, 3.05) is 0 Å². The maximum Gasteiger partial charge on any atom is 0.304 e. The summed E-state index contributed by atoms with van der Waals surface area (Å²) >= 11 is 0. The minimum Gasteiger partial charge on any atom is -0.359 e. The number of benzene rings is 1. The van der Waals surface area contributed by atoms with Crippen molar-refractivity contribution in [1.29, 1.82) is 0 Å². The number of hydrogen-bond acceptors (Lipinski definition) is 4. The third kappa shape index (κ3) is 0.954. The summed E-state index contributed by atoms with van der Waals surface area (Å²) in [5.74, 6) is 0. The lowest BCUT2D eigenvalue weighted by Gasteiger charge is -1.93. The highest BCUT2D eigenvalue weighted by Crippen LogP contribution is 2.16. The van der Waals surface area contributed by atoms with E-state index in [9.17, 15) is 10.0 Å². The van der Waals surface area contributed by atoms with Crippen LogP contribution in [-0.2, 0) is 0 Å². The van der Waals surface area contributed by atoms with Crippen LogP contribution in [0.3, 0.4) is 0 Å². The lowest BCUT2D eigenvalue weighted by Crippen LogP contribution is -2.29. The molecule has 3 rings (SSSR count). The first-order chi connectivity index (χ1) is 7.27. The van der Waals surface area contributed by atoms with E-state index in [-0.39, 0.29) is 15.9 Å². The van der Waals surface area contributed by atoms with Gasteiger partial charge in [0.15, 0.2) is 0 Å². The minimum absolute atomic E-state index is 0.103. The van der Waals surface area contributed by atoms with Gasteiger partial charge in [-0.3, -0.25) is 9.42 Å². The molecule has 6 nitrogen and oxygen atoms in total. The van der Waals surface area contributed by atoms with Crippen LogP contribution in [0.1, 0.15) is 0 Å². The van der Waals surface area contributed by atoms with Gasteiger partial charge in [0.1, 0.15) is 0 Å². The number of para-hydroxylation sites is 1. The van der Waals surface area contributed by atoms with Crippen molar-refractivity contribution < 1.29 is 9.53 Å². The number of fused-ring (bicyclic) bond motifs is 3. The Morgan fingerprint density at radius 1 is 1.40 bits per heavy atom. The lowest BCUT2D eigenvalue weighted by atomic mass is 10.2. The Kier molecular flexibility index (Phi) is 1.37. The third-order valence-electron chi connectivity index (χ3n) is 2.26. The maximum absolute atomic E-state index is 11.5. The second-order valence-corrected chi connectivity index (χ2v) is 3.13. The summed E-state index contributed by atoms with van der Waals surface area (Å²) in [6, 6.07) is 7.08. The average Bonchev–Trinajstić information content (AvgIpc) is 2.62. The van der Waals surface area contributed by atoms with Crippen LogP contribution in [0.5, 0.6) is 0 Å². The van der Waals surface area contributed by atoms with E-state index in [0.29, 0.717) is 10.9 Å². The first kappa shape index (κ1) is 7.98. The van der Waals surface area contributed by atoms with Crippen LogP contribution >= 0.6 is 0 Å². The fraction of sp³-hybridized carbons (Fsp3) is 0. The van der Waals surface area contributed by atoms with Gasteiger partial charge in [-0.15, -0.1) is 0 Å². The number of H-pyrrole nitrogens is 1. The van der Waals surface area contributed by atoms with Gasteiger partial charge in [-0.2, -0.15) is 0 Å². The molecule has 2 heterocycles. The molecule has 0 aliphatic carbocycles. The smallest absolute Gasteiger partial charge is 0.304 e. The quantitative estimate of drug-likeness (QED) is 0.532. The Balaban J connectivity index is 2.71. The molecular weight excluding hydrogens is 198 g/mol. The highest BCUT2D eigenvalue weighted by atomic mass is 16.8. The van der Waals surface area contributed by atoms with Crippen molar-refractivity contribution in [3.8, 4) is 0 Å². The number of aromatic amines is 1. The van der Waals surface area contributed by atoms with Gasteiger partial charge >= 0.3 is 5.56 Å². The maximum atomic E-state index is 11.5. The van der Waals surface area contributed by atoms with E-state index in [1.54, 1.807) is 24.3 Å².